The Hall–Kier alpha value is -1.36. The van der Waals surface area contributed by atoms with Crippen LogP contribution in [-0.4, -0.2) is 32.9 Å². The fourth-order valence-corrected chi connectivity index (χ4v) is 3.41. The molecule has 0 amide bonds. The van der Waals surface area contributed by atoms with Crippen LogP contribution in [0.3, 0.4) is 0 Å². The van der Waals surface area contributed by atoms with Gasteiger partial charge in [-0.1, -0.05) is 25.1 Å². The zero-order chi connectivity index (χ0) is 13.1. The van der Waals surface area contributed by atoms with Crippen LogP contribution in [0.25, 0.3) is 0 Å². The highest BCUT2D eigenvalue weighted by atomic mass is 32.2. The summed E-state index contributed by atoms with van der Waals surface area (Å²) in [6, 6.07) is 7.76. The minimum absolute atomic E-state index is 0.0933. The van der Waals surface area contributed by atoms with Gasteiger partial charge >= 0.3 is 5.97 Å². The summed E-state index contributed by atoms with van der Waals surface area (Å²) in [5, 5.41) is 8.77. The van der Waals surface area contributed by atoms with Crippen LogP contribution in [0.5, 0.6) is 5.75 Å². The van der Waals surface area contributed by atoms with Gasteiger partial charge in [0.25, 0.3) is 0 Å². The maximum absolute atomic E-state index is 11.8. The van der Waals surface area contributed by atoms with Crippen LogP contribution in [0.4, 0.5) is 0 Å². The Morgan fingerprint density at radius 1 is 1.56 bits per heavy atom. The van der Waals surface area contributed by atoms with E-state index in [9.17, 15) is 9.00 Å². The van der Waals surface area contributed by atoms with E-state index in [4.69, 9.17) is 9.84 Å². The van der Waals surface area contributed by atoms with E-state index in [0.29, 0.717) is 5.75 Å². The van der Waals surface area contributed by atoms with Crippen LogP contribution in [-0.2, 0) is 22.0 Å². The summed E-state index contributed by atoms with van der Waals surface area (Å²) in [4.78, 5) is 10.7. The predicted molar refractivity (Wildman–Crippen MR) is 69.2 cm³/mol. The lowest BCUT2D eigenvalue weighted by Gasteiger charge is -2.11. The summed E-state index contributed by atoms with van der Waals surface area (Å²) in [5.41, 5.74) is 1.13. The number of carboxylic acids is 1. The van der Waals surface area contributed by atoms with Gasteiger partial charge in [0.1, 0.15) is 11.9 Å². The Bertz CT molecular complexity index is 447. The van der Waals surface area contributed by atoms with E-state index in [1.165, 1.54) is 0 Å². The highest BCUT2D eigenvalue weighted by Gasteiger charge is 2.25. The van der Waals surface area contributed by atoms with Gasteiger partial charge < -0.3 is 9.84 Å². The van der Waals surface area contributed by atoms with Crippen molar-refractivity contribution in [2.45, 2.75) is 19.4 Å². The molecule has 0 aliphatic carbocycles. The van der Waals surface area contributed by atoms with Gasteiger partial charge in [-0.15, -0.1) is 0 Å². The van der Waals surface area contributed by atoms with Crippen molar-refractivity contribution in [1.29, 1.82) is 0 Å². The first-order valence-electron chi connectivity index (χ1n) is 5.88. The lowest BCUT2D eigenvalue weighted by atomic mass is 10.1. The predicted octanol–water partition coefficient (Wildman–Crippen LogP) is 1.46. The van der Waals surface area contributed by atoms with Crippen LogP contribution in [0.1, 0.15) is 12.5 Å². The smallest absolute Gasteiger partial charge is 0.307 e. The van der Waals surface area contributed by atoms with Gasteiger partial charge in [0, 0.05) is 23.0 Å². The molecule has 3 atom stereocenters. The molecule has 0 aromatic heterocycles. The van der Waals surface area contributed by atoms with Crippen molar-refractivity contribution in [3.8, 4) is 5.75 Å². The molecule has 4 nitrogen and oxygen atoms in total. The number of hydrogen-bond donors (Lipinski definition) is 1. The molecule has 5 heteroatoms. The number of aliphatic carboxylic acids is 1. The van der Waals surface area contributed by atoms with E-state index in [1.807, 2.05) is 24.3 Å². The molecule has 0 saturated carbocycles. The van der Waals surface area contributed by atoms with Gasteiger partial charge in [0.05, 0.1) is 11.7 Å². The van der Waals surface area contributed by atoms with E-state index in [0.717, 1.165) is 17.7 Å². The van der Waals surface area contributed by atoms with E-state index >= 15 is 0 Å². The summed E-state index contributed by atoms with van der Waals surface area (Å²) in [6.07, 6.45) is 0.660. The summed E-state index contributed by atoms with van der Waals surface area (Å²) < 4.78 is 17.5. The Balaban J connectivity index is 1.86. The van der Waals surface area contributed by atoms with Crippen molar-refractivity contribution in [1.82, 2.24) is 0 Å². The molecule has 18 heavy (non-hydrogen) atoms. The Morgan fingerprint density at radius 3 is 2.94 bits per heavy atom. The van der Waals surface area contributed by atoms with Gasteiger partial charge in [0.2, 0.25) is 0 Å². The number of hydrogen-bond acceptors (Lipinski definition) is 3. The number of carbonyl (C=O) groups is 1. The molecule has 1 aromatic rings. The fourth-order valence-electron chi connectivity index (χ4n) is 1.97. The van der Waals surface area contributed by atoms with Crippen molar-refractivity contribution in [2.24, 2.45) is 5.92 Å². The van der Waals surface area contributed by atoms with Crippen molar-refractivity contribution in [2.75, 3.05) is 11.5 Å². The lowest BCUT2D eigenvalue weighted by Crippen LogP contribution is -2.26. The minimum atomic E-state index is -1.15. The molecule has 0 spiro atoms. The van der Waals surface area contributed by atoms with Crippen LogP contribution in [0, 0.1) is 5.92 Å². The Labute approximate surface area is 108 Å². The first kappa shape index (κ1) is 13.1. The molecular weight excluding hydrogens is 252 g/mol. The number of rotatable bonds is 5. The van der Waals surface area contributed by atoms with Gasteiger partial charge in [-0.3, -0.25) is 9.00 Å². The minimum Gasteiger partial charge on any atom is -0.489 e. The Kier molecular flexibility index (Phi) is 4.01. The molecule has 1 aromatic carbocycles. The number of benzene rings is 1. The van der Waals surface area contributed by atoms with E-state index in [1.54, 1.807) is 6.92 Å². The molecule has 2 rings (SSSR count). The zero-order valence-corrected chi connectivity index (χ0v) is 11.0. The van der Waals surface area contributed by atoms with Crippen molar-refractivity contribution in [3.05, 3.63) is 29.8 Å². The molecule has 1 N–H and O–H groups in total. The molecule has 1 aliphatic heterocycles. The molecule has 98 valence electrons. The quantitative estimate of drug-likeness (QED) is 0.878. The van der Waals surface area contributed by atoms with E-state index in [2.05, 4.69) is 0 Å². The van der Waals surface area contributed by atoms with E-state index in [-0.39, 0.29) is 11.9 Å². The number of fused-ring (bicyclic) bond motifs is 1. The van der Waals surface area contributed by atoms with Crippen LogP contribution < -0.4 is 4.74 Å². The largest absolute Gasteiger partial charge is 0.489 e. The maximum Gasteiger partial charge on any atom is 0.307 e. The lowest BCUT2D eigenvalue weighted by molar-refractivity contribution is -0.140. The van der Waals surface area contributed by atoms with Crippen LogP contribution in [0.2, 0.25) is 0 Å². The first-order valence-corrected chi connectivity index (χ1v) is 7.37. The number of para-hydroxylation sites is 1. The average molecular weight is 268 g/mol. The molecule has 0 bridgehead atoms. The fraction of sp³-hybridized carbons (Fsp3) is 0.462. The van der Waals surface area contributed by atoms with Crippen molar-refractivity contribution < 1.29 is 18.8 Å². The summed E-state index contributed by atoms with van der Waals surface area (Å²) in [6.45, 7) is 1.57. The van der Waals surface area contributed by atoms with Gasteiger partial charge in [-0.05, 0) is 11.6 Å². The van der Waals surface area contributed by atoms with Gasteiger partial charge in [0.15, 0.2) is 0 Å². The van der Waals surface area contributed by atoms with Crippen molar-refractivity contribution in [3.63, 3.8) is 0 Å². The first-order chi connectivity index (χ1) is 8.56. The second-order valence-corrected chi connectivity index (χ2v) is 6.11. The molecule has 0 saturated heterocycles. The summed E-state index contributed by atoms with van der Waals surface area (Å²) >= 11 is 0. The molecule has 1 aliphatic rings. The SMILES string of the molecule is CC(CS(=O)CC1Cc2ccccc2O1)C(=O)O. The summed E-state index contributed by atoms with van der Waals surface area (Å²) in [7, 11) is -1.15. The number of ether oxygens (including phenoxy) is 1. The second-order valence-electron chi connectivity index (χ2n) is 4.56. The average Bonchev–Trinajstić information content (AvgIpc) is 2.70. The number of carboxylic acid groups (broad SMARTS) is 1. The van der Waals surface area contributed by atoms with Gasteiger partial charge in [-0.25, -0.2) is 0 Å². The molecule has 0 radical (unpaired) electrons. The van der Waals surface area contributed by atoms with Gasteiger partial charge in [-0.2, -0.15) is 0 Å². The molecule has 0 fully saturated rings. The van der Waals surface area contributed by atoms with E-state index < -0.39 is 22.7 Å². The monoisotopic (exact) mass is 268 g/mol. The third kappa shape index (κ3) is 3.10. The van der Waals surface area contributed by atoms with Crippen LogP contribution in [0.15, 0.2) is 24.3 Å². The Morgan fingerprint density at radius 2 is 2.28 bits per heavy atom. The highest BCUT2D eigenvalue weighted by Crippen LogP contribution is 2.28. The molecular formula is C13H16O4S. The zero-order valence-electron chi connectivity index (χ0n) is 10.2. The topological polar surface area (TPSA) is 63.6 Å². The maximum atomic E-state index is 11.8. The standard InChI is InChI=1S/C13H16O4S/c1-9(13(14)15)7-18(16)8-11-6-10-4-2-3-5-12(10)17-11/h2-5,9,11H,6-8H2,1H3,(H,14,15). The van der Waals surface area contributed by atoms with Crippen molar-refractivity contribution >= 4 is 16.8 Å². The molecule has 1 heterocycles. The van der Waals surface area contributed by atoms with Crippen LogP contribution >= 0.6 is 0 Å². The third-order valence-electron chi connectivity index (χ3n) is 2.94. The summed E-state index contributed by atoms with van der Waals surface area (Å²) in [5.74, 6) is -0.0444. The second kappa shape index (κ2) is 5.52. The normalized spacial score (nSPS) is 20.8. The highest BCUT2D eigenvalue weighted by molar-refractivity contribution is 7.85. The molecule has 3 unspecified atom stereocenters. The third-order valence-corrected chi connectivity index (χ3v) is 4.56.